The van der Waals surface area contributed by atoms with Gasteiger partial charge in [-0.15, -0.1) is 0 Å². The van der Waals surface area contributed by atoms with Crippen molar-refractivity contribution in [3.05, 3.63) is 59.2 Å². The molecule has 102 valence electrons. The van der Waals surface area contributed by atoms with Crippen molar-refractivity contribution in [2.45, 2.75) is 6.92 Å². The molecule has 1 aromatic carbocycles. The van der Waals surface area contributed by atoms with Crippen molar-refractivity contribution in [2.24, 2.45) is 5.73 Å². The highest BCUT2D eigenvalue weighted by molar-refractivity contribution is 7.80. The van der Waals surface area contributed by atoms with Gasteiger partial charge in [0, 0.05) is 11.8 Å². The average molecular weight is 289 g/mol. The summed E-state index contributed by atoms with van der Waals surface area (Å²) >= 11 is 4.79. The lowest BCUT2D eigenvalue weighted by Gasteiger charge is -2.07. The second-order valence-electron chi connectivity index (χ2n) is 4.23. The van der Waals surface area contributed by atoms with E-state index in [2.05, 4.69) is 10.3 Å². The second kappa shape index (κ2) is 5.75. The zero-order chi connectivity index (χ0) is 14.7. The number of amides is 1. The Kier molecular flexibility index (Phi) is 4.05. The number of hydrogen-bond donors (Lipinski definition) is 2. The van der Waals surface area contributed by atoms with Gasteiger partial charge in [0.25, 0.3) is 5.91 Å². The number of nitrogens with two attached hydrogens (primary N) is 1. The zero-order valence-electron chi connectivity index (χ0n) is 10.7. The van der Waals surface area contributed by atoms with E-state index in [-0.39, 0.29) is 16.4 Å². The maximum Gasteiger partial charge on any atom is 0.274 e. The third-order valence-electron chi connectivity index (χ3n) is 2.65. The number of nitrogens with one attached hydrogen (secondary N) is 1. The van der Waals surface area contributed by atoms with E-state index in [4.69, 9.17) is 18.0 Å². The normalized spacial score (nSPS) is 10.1. The first-order valence-corrected chi connectivity index (χ1v) is 6.21. The Labute approximate surface area is 120 Å². The monoisotopic (exact) mass is 289 g/mol. The predicted molar refractivity (Wildman–Crippen MR) is 79.2 cm³/mol. The van der Waals surface area contributed by atoms with E-state index < -0.39 is 11.7 Å². The van der Waals surface area contributed by atoms with Gasteiger partial charge in [-0.2, -0.15) is 0 Å². The molecule has 2 aromatic rings. The molecule has 2 rings (SSSR count). The minimum absolute atomic E-state index is 0.112. The summed E-state index contributed by atoms with van der Waals surface area (Å²) in [6.45, 7) is 1.77. The number of thiocarbonyl (C=S) groups is 1. The lowest BCUT2D eigenvalue weighted by Crippen LogP contribution is -2.16. The number of aryl methyl sites for hydroxylation is 1. The predicted octanol–water partition coefficient (Wildman–Crippen LogP) is 2.42. The fourth-order valence-corrected chi connectivity index (χ4v) is 1.70. The summed E-state index contributed by atoms with van der Waals surface area (Å²) in [5.74, 6) is -0.986. The smallest absolute Gasteiger partial charge is 0.274 e. The van der Waals surface area contributed by atoms with E-state index in [1.807, 2.05) is 0 Å². The first kappa shape index (κ1) is 14.1. The zero-order valence-corrected chi connectivity index (χ0v) is 11.5. The molecule has 6 heteroatoms. The number of anilines is 1. The lowest BCUT2D eigenvalue weighted by atomic mass is 10.2. The van der Waals surface area contributed by atoms with Crippen molar-refractivity contribution >= 4 is 28.8 Å². The van der Waals surface area contributed by atoms with Crippen LogP contribution in [0.3, 0.4) is 0 Å². The van der Waals surface area contributed by atoms with Crippen LogP contribution in [-0.4, -0.2) is 15.9 Å². The molecule has 0 aliphatic heterocycles. The van der Waals surface area contributed by atoms with Gasteiger partial charge in [-0.05, 0) is 36.8 Å². The number of carbonyl (C=O) groups is 1. The number of benzene rings is 1. The highest BCUT2D eigenvalue weighted by Gasteiger charge is 2.11. The van der Waals surface area contributed by atoms with E-state index in [1.165, 1.54) is 24.4 Å². The van der Waals surface area contributed by atoms with Crippen molar-refractivity contribution in [1.29, 1.82) is 0 Å². The van der Waals surface area contributed by atoms with Crippen LogP contribution in [0, 0.1) is 12.7 Å². The summed E-state index contributed by atoms with van der Waals surface area (Å²) in [6, 6.07) is 7.64. The van der Waals surface area contributed by atoms with Crippen LogP contribution in [0.2, 0.25) is 0 Å². The average Bonchev–Trinajstić information content (AvgIpc) is 2.42. The van der Waals surface area contributed by atoms with Gasteiger partial charge < -0.3 is 11.1 Å². The van der Waals surface area contributed by atoms with Gasteiger partial charge in [0.1, 0.15) is 16.5 Å². The van der Waals surface area contributed by atoms with Gasteiger partial charge in [0.2, 0.25) is 0 Å². The SMILES string of the molecule is Cc1ccc(NC(=O)c2ccc(C(N)=S)cn2)c(F)c1. The number of nitrogens with zero attached hydrogens (tertiary/aromatic N) is 1. The molecule has 3 N–H and O–H groups in total. The van der Waals surface area contributed by atoms with Crippen molar-refractivity contribution < 1.29 is 9.18 Å². The van der Waals surface area contributed by atoms with Crippen LogP contribution in [0.15, 0.2) is 36.5 Å². The Balaban J connectivity index is 2.17. The molecule has 0 spiro atoms. The topological polar surface area (TPSA) is 68.0 Å². The molecular weight excluding hydrogens is 277 g/mol. The third kappa shape index (κ3) is 3.16. The number of pyridine rings is 1. The van der Waals surface area contributed by atoms with Crippen LogP contribution in [0.4, 0.5) is 10.1 Å². The maximum absolute atomic E-state index is 13.6. The van der Waals surface area contributed by atoms with E-state index in [1.54, 1.807) is 19.1 Å². The molecule has 1 amide bonds. The number of rotatable bonds is 3. The summed E-state index contributed by atoms with van der Waals surface area (Å²) in [5, 5.41) is 2.46. The third-order valence-corrected chi connectivity index (χ3v) is 2.89. The van der Waals surface area contributed by atoms with Crippen LogP contribution in [0.5, 0.6) is 0 Å². The highest BCUT2D eigenvalue weighted by atomic mass is 32.1. The molecule has 0 bridgehead atoms. The largest absolute Gasteiger partial charge is 0.389 e. The van der Waals surface area contributed by atoms with Gasteiger partial charge in [-0.25, -0.2) is 4.39 Å². The quantitative estimate of drug-likeness (QED) is 0.852. The minimum Gasteiger partial charge on any atom is -0.389 e. The minimum atomic E-state index is -0.498. The first-order valence-electron chi connectivity index (χ1n) is 5.81. The maximum atomic E-state index is 13.6. The van der Waals surface area contributed by atoms with Gasteiger partial charge in [0.05, 0.1) is 5.69 Å². The van der Waals surface area contributed by atoms with E-state index in [0.29, 0.717) is 5.56 Å². The molecular formula is C14H12FN3OS. The lowest BCUT2D eigenvalue weighted by molar-refractivity contribution is 0.102. The summed E-state index contributed by atoms with van der Waals surface area (Å²) in [5.41, 5.74) is 7.05. The number of aromatic nitrogens is 1. The Morgan fingerprint density at radius 2 is 2.10 bits per heavy atom. The van der Waals surface area contributed by atoms with E-state index >= 15 is 0 Å². The van der Waals surface area contributed by atoms with Crippen molar-refractivity contribution in [2.75, 3.05) is 5.32 Å². The number of hydrogen-bond acceptors (Lipinski definition) is 3. The molecule has 0 saturated heterocycles. The molecule has 4 nitrogen and oxygen atoms in total. The van der Waals surface area contributed by atoms with Crippen LogP contribution in [0.25, 0.3) is 0 Å². The fraction of sp³-hybridized carbons (Fsp3) is 0.0714. The van der Waals surface area contributed by atoms with Crippen LogP contribution in [0.1, 0.15) is 21.6 Å². The van der Waals surface area contributed by atoms with Gasteiger partial charge in [0.15, 0.2) is 0 Å². The Morgan fingerprint density at radius 3 is 2.65 bits per heavy atom. The van der Waals surface area contributed by atoms with Crippen molar-refractivity contribution in [3.63, 3.8) is 0 Å². The highest BCUT2D eigenvalue weighted by Crippen LogP contribution is 2.16. The molecule has 20 heavy (non-hydrogen) atoms. The van der Waals surface area contributed by atoms with Crippen LogP contribution < -0.4 is 11.1 Å². The Hall–Kier alpha value is -2.34. The van der Waals surface area contributed by atoms with Crippen molar-refractivity contribution in [3.8, 4) is 0 Å². The number of halogens is 1. The van der Waals surface area contributed by atoms with Crippen LogP contribution in [-0.2, 0) is 0 Å². The van der Waals surface area contributed by atoms with Crippen LogP contribution >= 0.6 is 12.2 Å². The molecule has 0 atom stereocenters. The Bertz CT molecular complexity index is 671. The molecule has 0 unspecified atom stereocenters. The van der Waals surface area contributed by atoms with E-state index in [0.717, 1.165) is 5.56 Å². The summed E-state index contributed by atoms with van der Waals surface area (Å²) in [7, 11) is 0. The molecule has 0 fully saturated rings. The van der Waals surface area contributed by atoms with Crippen molar-refractivity contribution in [1.82, 2.24) is 4.98 Å². The second-order valence-corrected chi connectivity index (χ2v) is 4.67. The summed E-state index contributed by atoms with van der Waals surface area (Å²) < 4.78 is 13.6. The Morgan fingerprint density at radius 1 is 1.35 bits per heavy atom. The standard InChI is InChI=1S/C14H12FN3OS/c1-8-2-4-11(10(15)6-8)18-14(19)12-5-3-9(7-17-12)13(16)20/h2-7H,1H3,(H2,16,20)(H,18,19). The van der Waals surface area contributed by atoms with Gasteiger partial charge in [-0.3, -0.25) is 9.78 Å². The molecule has 1 heterocycles. The molecule has 0 aliphatic carbocycles. The summed E-state index contributed by atoms with van der Waals surface area (Å²) in [4.78, 5) is 16.1. The first-order chi connectivity index (χ1) is 9.47. The summed E-state index contributed by atoms with van der Waals surface area (Å²) in [6.07, 6.45) is 1.41. The molecule has 0 radical (unpaired) electrons. The van der Waals surface area contributed by atoms with E-state index in [9.17, 15) is 9.18 Å². The van der Waals surface area contributed by atoms with Gasteiger partial charge >= 0.3 is 0 Å². The fourth-order valence-electron chi connectivity index (χ4n) is 1.58. The molecule has 0 aliphatic rings. The molecule has 0 saturated carbocycles. The van der Waals surface area contributed by atoms with Gasteiger partial charge in [-0.1, -0.05) is 18.3 Å². The molecule has 1 aromatic heterocycles. The number of carbonyl (C=O) groups excluding carboxylic acids is 1.